The molecule has 1 N–H and O–H groups in total. The van der Waals surface area contributed by atoms with Gasteiger partial charge in [-0.2, -0.15) is 0 Å². The second-order valence-corrected chi connectivity index (χ2v) is 6.69. The lowest BCUT2D eigenvalue weighted by Crippen LogP contribution is -2.11. The van der Waals surface area contributed by atoms with E-state index < -0.39 is 0 Å². The Morgan fingerprint density at radius 2 is 1.59 bits per heavy atom. The minimum Gasteiger partial charge on any atom is -0.469 e. The van der Waals surface area contributed by atoms with Gasteiger partial charge in [-0.15, -0.1) is 0 Å². The van der Waals surface area contributed by atoms with E-state index in [-0.39, 0.29) is 12.6 Å². The highest BCUT2D eigenvalue weighted by Crippen LogP contribution is 2.29. The molecule has 2 aromatic rings. The Bertz CT molecular complexity index is 716. The van der Waals surface area contributed by atoms with Gasteiger partial charge >= 0.3 is 5.97 Å². The quantitative estimate of drug-likeness (QED) is 0.368. The maximum atomic E-state index is 9.59. The van der Waals surface area contributed by atoms with Crippen molar-refractivity contribution in [3.8, 4) is 0 Å². The maximum Gasteiger partial charge on any atom is 0.302 e. The maximum absolute atomic E-state index is 9.59. The van der Waals surface area contributed by atoms with Gasteiger partial charge in [-0.05, 0) is 39.7 Å². The van der Waals surface area contributed by atoms with Crippen LogP contribution in [0.1, 0.15) is 18.2 Å². The summed E-state index contributed by atoms with van der Waals surface area (Å²) in [7, 11) is 2.99. The van der Waals surface area contributed by atoms with E-state index in [9.17, 15) is 9.90 Å². The normalized spacial score (nSPS) is 10.7. The molecular formula is C20H29BrO8. The number of fused-ring (bicyclic) bond motifs is 1. The van der Waals surface area contributed by atoms with Gasteiger partial charge < -0.3 is 33.2 Å². The third-order valence-corrected chi connectivity index (χ3v) is 4.16. The van der Waals surface area contributed by atoms with Crippen LogP contribution in [-0.4, -0.2) is 64.9 Å². The minimum atomic E-state index is -0.245. The fourth-order valence-corrected chi connectivity index (χ4v) is 2.74. The number of aliphatic hydroxyl groups excluding tert-OH is 1. The van der Waals surface area contributed by atoms with Gasteiger partial charge in [0, 0.05) is 19.4 Å². The van der Waals surface area contributed by atoms with Crippen molar-refractivity contribution in [2.75, 3.05) is 53.9 Å². The third-order valence-electron chi connectivity index (χ3n) is 3.57. The Labute approximate surface area is 179 Å². The number of benzene rings is 1. The molecule has 29 heavy (non-hydrogen) atoms. The van der Waals surface area contributed by atoms with Crippen molar-refractivity contribution in [2.45, 2.75) is 20.1 Å². The number of ether oxygens (including phenoxy) is 5. The summed E-state index contributed by atoms with van der Waals surface area (Å²) in [5.74, 6) is 0.494. The van der Waals surface area contributed by atoms with Crippen LogP contribution in [0.15, 0.2) is 27.1 Å². The number of methoxy groups -OCH3 is 2. The number of hydrogen-bond donors (Lipinski definition) is 1. The number of furan rings is 1. The molecule has 8 nitrogen and oxygen atoms in total. The first-order valence-corrected chi connectivity index (χ1v) is 9.89. The van der Waals surface area contributed by atoms with E-state index in [4.69, 9.17) is 23.4 Å². The molecule has 1 heterocycles. The lowest BCUT2D eigenvalue weighted by Gasteiger charge is -2.05. The highest BCUT2D eigenvalue weighted by Gasteiger charge is 2.09. The van der Waals surface area contributed by atoms with Gasteiger partial charge in [-0.25, -0.2) is 0 Å². The van der Waals surface area contributed by atoms with E-state index in [1.165, 1.54) is 14.0 Å². The Kier molecular flexibility index (Phi) is 13.5. The van der Waals surface area contributed by atoms with Gasteiger partial charge in [-0.3, -0.25) is 4.79 Å². The van der Waals surface area contributed by atoms with Crippen LogP contribution in [0, 0.1) is 0 Å². The topological polar surface area (TPSA) is 96.6 Å². The van der Waals surface area contributed by atoms with Crippen LogP contribution in [0.5, 0.6) is 0 Å². The van der Waals surface area contributed by atoms with Crippen LogP contribution in [0.3, 0.4) is 0 Å². The summed E-state index contributed by atoms with van der Waals surface area (Å²) < 4.78 is 31.8. The van der Waals surface area contributed by atoms with Gasteiger partial charge in [0.2, 0.25) is 0 Å². The smallest absolute Gasteiger partial charge is 0.302 e. The molecule has 0 atom stereocenters. The lowest BCUT2D eigenvalue weighted by molar-refractivity contribution is -0.137. The Balaban J connectivity index is 0.000000749. The summed E-state index contributed by atoms with van der Waals surface area (Å²) in [5, 5.41) is 10.2. The van der Waals surface area contributed by atoms with Crippen LogP contribution in [-0.2, 0) is 41.7 Å². The van der Waals surface area contributed by atoms with E-state index in [2.05, 4.69) is 20.7 Å². The zero-order chi connectivity index (χ0) is 21.5. The standard InChI is InChI=1S/C17H23BrO6.C3H6O2/c1-20-2-3-21-4-5-22-6-7-23-12-15-10-14-8-13(11-19)9-16(18)17(14)24-15;1-3(4)5-2/h8-10,19H,2-7,11-12H2,1H3;1-2H3. The zero-order valence-corrected chi connectivity index (χ0v) is 18.7. The summed E-state index contributed by atoms with van der Waals surface area (Å²) in [6.07, 6.45) is 0. The molecule has 0 bridgehead atoms. The van der Waals surface area contributed by atoms with E-state index in [1.807, 2.05) is 18.2 Å². The largest absolute Gasteiger partial charge is 0.469 e. The molecule has 0 aliphatic carbocycles. The van der Waals surface area contributed by atoms with Crippen LogP contribution < -0.4 is 0 Å². The molecule has 1 aromatic carbocycles. The van der Waals surface area contributed by atoms with E-state index >= 15 is 0 Å². The number of esters is 1. The van der Waals surface area contributed by atoms with Gasteiger partial charge in [0.05, 0.1) is 57.8 Å². The van der Waals surface area contributed by atoms with E-state index in [1.54, 1.807) is 7.11 Å². The zero-order valence-electron chi connectivity index (χ0n) is 17.1. The van der Waals surface area contributed by atoms with Gasteiger partial charge in [0.15, 0.2) is 0 Å². The highest BCUT2D eigenvalue weighted by molar-refractivity contribution is 9.10. The number of halogens is 1. The first kappa shape index (κ1) is 25.5. The monoisotopic (exact) mass is 476 g/mol. The molecule has 0 amide bonds. The van der Waals surface area contributed by atoms with Gasteiger partial charge in [0.1, 0.15) is 18.0 Å². The van der Waals surface area contributed by atoms with Crippen LogP contribution in [0.25, 0.3) is 11.0 Å². The Morgan fingerprint density at radius 1 is 1.00 bits per heavy atom. The van der Waals surface area contributed by atoms with Crippen molar-refractivity contribution < 1.29 is 38.0 Å². The predicted octanol–water partition coefficient (Wildman–Crippen LogP) is 3.06. The van der Waals surface area contributed by atoms with Crippen molar-refractivity contribution in [1.29, 1.82) is 0 Å². The molecule has 0 saturated carbocycles. The molecule has 164 valence electrons. The third kappa shape index (κ3) is 10.7. The SMILES string of the molecule is COC(C)=O.COCCOCCOCCOCc1cc2cc(CO)cc(Br)c2o1. The summed E-state index contributed by atoms with van der Waals surface area (Å²) in [6.45, 7) is 4.99. The Morgan fingerprint density at radius 3 is 2.14 bits per heavy atom. The van der Waals surface area contributed by atoms with Gasteiger partial charge in [0.25, 0.3) is 0 Å². The molecule has 0 unspecified atom stereocenters. The number of carbonyl (C=O) groups excluding carboxylic acids is 1. The van der Waals surface area contributed by atoms with Crippen molar-refractivity contribution in [1.82, 2.24) is 0 Å². The van der Waals surface area contributed by atoms with Crippen molar-refractivity contribution in [2.24, 2.45) is 0 Å². The molecule has 0 aliphatic rings. The molecule has 0 aliphatic heterocycles. The molecule has 0 spiro atoms. The summed E-state index contributed by atoms with van der Waals surface area (Å²) in [5.41, 5.74) is 1.60. The number of carbonyl (C=O) groups is 1. The first-order chi connectivity index (χ1) is 14.0. The van der Waals surface area contributed by atoms with Crippen molar-refractivity contribution >= 4 is 32.9 Å². The highest BCUT2D eigenvalue weighted by atomic mass is 79.9. The predicted molar refractivity (Wildman–Crippen MR) is 111 cm³/mol. The van der Waals surface area contributed by atoms with Crippen molar-refractivity contribution in [3.05, 3.63) is 34.0 Å². The van der Waals surface area contributed by atoms with Gasteiger partial charge in [-0.1, -0.05) is 0 Å². The van der Waals surface area contributed by atoms with Crippen LogP contribution in [0.4, 0.5) is 0 Å². The number of hydrogen-bond acceptors (Lipinski definition) is 8. The summed E-state index contributed by atoms with van der Waals surface area (Å²) in [6, 6.07) is 5.67. The number of rotatable bonds is 12. The van der Waals surface area contributed by atoms with E-state index in [0.29, 0.717) is 46.2 Å². The van der Waals surface area contributed by atoms with E-state index in [0.717, 1.165) is 26.8 Å². The van der Waals surface area contributed by atoms with Crippen LogP contribution in [0.2, 0.25) is 0 Å². The molecule has 1 aromatic heterocycles. The second kappa shape index (κ2) is 15.4. The fourth-order valence-electron chi connectivity index (χ4n) is 2.14. The molecule has 0 radical (unpaired) electrons. The Hall–Kier alpha value is -1.49. The average Bonchev–Trinajstić information content (AvgIpc) is 3.13. The second-order valence-electron chi connectivity index (χ2n) is 5.83. The molecule has 0 fully saturated rings. The summed E-state index contributed by atoms with van der Waals surface area (Å²) in [4.78, 5) is 9.59. The molecule has 9 heteroatoms. The molecular weight excluding hydrogens is 448 g/mol. The lowest BCUT2D eigenvalue weighted by atomic mass is 10.2. The molecule has 0 saturated heterocycles. The summed E-state index contributed by atoms with van der Waals surface area (Å²) >= 11 is 3.45. The van der Waals surface area contributed by atoms with Crippen LogP contribution >= 0.6 is 15.9 Å². The average molecular weight is 477 g/mol. The fraction of sp³-hybridized carbons (Fsp3) is 0.550. The minimum absolute atomic E-state index is 0.00191. The molecule has 2 rings (SSSR count). The first-order valence-electron chi connectivity index (χ1n) is 9.10. The van der Waals surface area contributed by atoms with Crippen molar-refractivity contribution in [3.63, 3.8) is 0 Å². The number of aliphatic hydroxyl groups is 1.